The summed E-state index contributed by atoms with van der Waals surface area (Å²) in [6.45, 7) is 0. The lowest BCUT2D eigenvalue weighted by atomic mass is 10.1. The van der Waals surface area contributed by atoms with Crippen molar-refractivity contribution in [3.63, 3.8) is 0 Å². The van der Waals surface area contributed by atoms with Crippen LogP contribution in [-0.4, -0.2) is 4.98 Å². The molecule has 17 heavy (non-hydrogen) atoms. The van der Waals surface area contributed by atoms with Crippen LogP contribution in [0, 0.1) is 0 Å². The number of aryl methyl sites for hydroxylation is 2. The third-order valence-electron chi connectivity index (χ3n) is 2.38. The standard InChI is InChI=1S/C13H14N2.2ClH/c14-12-7-4-11(5-8-12)6-9-13-3-1-2-10-15-13;;/h1-5,7-8,10H,6,9,14H2;2*1H. The van der Waals surface area contributed by atoms with Gasteiger partial charge in [-0.15, -0.1) is 24.8 Å². The molecule has 0 spiro atoms. The number of hydrogen-bond donors (Lipinski definition) is 1. The third kappa shape index (κ3) is 5.07. The van der Waals surface area contributed by atoms with E-state index in [1.54, 1.807) is 0 Å². The second kappa shape index (κ2) is 7.93. The van der Waals surface area contributed by atoms with Crippen LogP contribution in [0.25, 0.3) is 0 Å². The first kappa shape index (κ1) is 15.8. The molecule has 0 unspecified atom stereocenters. The zero-order chi connectivity index (χ0) is 10.5. The molecule has 0 aliphatic heterocycles. The molecule has 0 atom stereocenters. The zero-order valence-electron chi connectivity index (χ0n) is 9.37. The van der Waals surface area contributed by atoms with E-state index in [0.29, 0.717) is 0 Å². The molecule has 2 nitrogen and oxygen atoms in total. The lowest BCUT2D eigenvalue weighted by molar-refractivity contribution is 0.914. The molecule has 0 radical (unpaired) electrons. The van der Waals surface area contributed by atoms with Gasteiger partial charge in [0.2, 0.25) is 0 Å². The molecular formula is C13H16Cl2N2. The Labute approximate surface area is 114 Å². The molecule has 1 aromatic carbocycles. The first-order chi connectivity index (χ1) is 7.34. The maximum absolute atomic E-state index is 5.62. The van der Waals surface area contributed by atoms with Gasteiger partial charge in [0.1, 0.15) is 0 Å². The van der Waals surface area contributed by atoms with E-state index in [-0.39, 0.29) is 24.8 Å². The molecule has 0 saturated heterocycles. The Kier molecular flexibility index (Phi) is 7.35. The molecule has 0 saturated carbocycles. The van der Waals surface area contributed by atoms with Gasteiger partial charge in [0.25, 0.3) is 0 Å². The molecule has 2 N–H and O–H groups in total. The summed E-state index contributed by atoms with van der Waals surface area (Å²) in [5.41, 5.74) is 8.87. The first-order valence-electron chi connectivity index (χ1n) is 5.09. The van der Waals surface area contributed by atoms with Gasteiger partial charge in [-0.2, -0.15) is 0 Å². The van der Waals surface area contributed by atoms with Crippen LogP contribution in [0.15, 0.2) is 48.7 Å². The quantitative estimate of drug-likeness (QED) is 0.870. The van der Waals surface area contributed by atoms with E-state index in [2.05, 4.69) is 23.2 Å². The van der Waals surface area contributed by atoms with Crippen molar-refractivity contribution in [2.75, 3.05) is 5.73 Å². The number of anilines is 1. The van der Waals surface area contributed by atoms with Crippen molar-refractivity contribution in [3.05, 3.63) is 59.9 Å². The van der Waals surface area contributed by atoms with Crippen LogP contribution in [0.1, 0.15) is 11.3 Å². The van der Waals surface area contributed by atoms with Gasteiger partial charge < -0.3 is 5.73 Å². The number of nitrogens with zero attached hydrogens (tertiary/aromatic N) is 1. The molecule has 4 heteroatoms. The second-order valence-corrected chi connectivity index (χ2v) is 3.56. The van der Waals surface area contributed by atoms with Crippen molar-refractivity contribution in [1.29, 1.82) is 0 Å². The highest BCUT2D eigenvalue weighted by Crippen LogP contribution is 2.08. The minimum Gasteiger partial charge on any atom is -0.399 e. The minimum absolute atomic E-state index is 0. The Morgan fingerprint density at radius 2 is 1.59 bits per heavy atom. The number of hydrogen-bond acceptors (Lipinski definition) is 2. The van der Waals surface area contributed by atoms with Crippen LogP contribution in [0.3, 0.4) is 0 Å². The van der Waals surface area contributed by atoms with Crippen molar-refractivity contribution in [2.45, 2.75) is 12.8 Å². The maximum atomic E-state index is 5.62. The summed E-state index contributed by atoms with van der Waals surface area (Å²) in [4.78, 5) is 4.29. The van der Waals surface area contributed by atoms with Crippen molar-refractivity contribution in [1.82, 2.24) is 4.98 Å². The molecule has 0 aliphatic rings. The summed E-state index contributed by atoms with van der Waals surface area (Å²) in [6.07, 6.45) is 3.82. The van der Waals surface area contributed by atoms with Gasteiger partial charge in [-0.05, 0) is 42.7 Å². The van der Waals surface area contributed by atoms with Gasteiger partial charge in [0.05, 0.1) is 0 Å². The SMILES string of the molecule is Cl.Cl.Nc1ccc(CCc2ccccn2)cc1. The molecule has 2 aromatic rings. The van der Waals surface area contributed by atoms with E-state index in [0.717, 1.165) is 24.2 Å². The number of benzene rings is 1. The average Bonchev–Trinajstić information content (AvgIpc) is 2.30. The van der Waals surface area contributed by atoms with Crippen molar-refractivity contribution in [3.8, 4) is 0 Å². The van der Waals surface area contributed by atoms with E-state index < -0.39 is 0 Å². The molecular weight excluding hydrogens is 255 g/mol. The van der Waals surface area contributed by atoms with E-state index in [1.807, 2.05) is 30.5 Å². The Balaban J connectivity index is 0.00000128. The molecule has 2 rings (SSSR count). The summed E-state index contributed by atoms with van der Waals surface area (Å²) < 4.78 is 0. The van der Waals surface area contributed by atoms with Gasteiger partial charge in [0.15, 0.2) is 0 Å². The largest absolute Gasteiger partial charge is 0.399 e. The summed E-state index contributed by atoms with van der Waals surface area (Å²) >= 11 is 0. The number of pyridine rings is 1. The van der Waals surface area contributed by atoms with Gasteiger partial charge >= 0.3 is 0 Å². The van der Waals surface area contributed by atoms with Crippen molar-refractivity contribution < 1.29 is 0 Å². The van der Waals surface area contributed by atoms with Crippen LogP contribution >= 0.6 is 24.8 Å². The lowest BCUT2D eigenvalue weighted by Crippen LogP contribution is -1.94. The minimum atomic E-state index is 0. The summed E-state index contributed by atoms with van der Waals surface area (Å²) in [6, 6.07) is 14.0. The fourth-order valence-corrected chi connectivity index (χ4v) is 1.50. The fourth-order valence-electron chi connectivity index (χ4n) is 1.50. The number of halogens is 2. The number of nitrogens with two attached hydrogens (primary N) is 1. The van der Waals surface area contributed by atoms with Crippen LogP contribution in [0.5, 0.6) is 0 Å². The summed E-state index contributed by atoms with van der Waals surface area (Å²) in [7, 11) is 0. The lowest BCUT2D eigenvalue weighted by Gasteiger charge is -2.01. The third-order valence-corrected chi connectivity index (χ3v) is 2.38. The predicted molar refractivity (Wildman–Crippen MR) is 77.0 cm³/mol. The van der Waals surface area contributed by atoms with Crippen LogP contribution < -0.4 is 5.73 Å². The van der Waals surface area contributed by atoms with Crippen LogP contribution in [0.2, 0.25) is 0 Å². The normalized spacial score (nSPS) is 8.94. The van der Waals surface area contributed by atoms with E-state index >= 15 is 0 Å². The molecule has 0 bridgehead atoms. The summed E-state index contributed by atoms with van der Waals surface area (Å²) in [5, 5.41) is 0. The molecule has 0 fully saturated rings. The monoisotopic (exact) mass is 270 g/mol. The predicted octanol–water partition coefficient (Wildman–Crippen LogP) is 3.29. The topological polar surface area (TPSA) is 38.9 Å². The second-order valence-electron chi connectivity index (χ2n) is 3.56. The fraction of sp³-hybridized carbons (Fsp3) is 0.154. The van der Waals surface area contributed by atoms with Gasteiger partial charge in [-0.25, -0.2) is 0 Å². The zero-order valence-corrected chi connectivity index (χ0v) is 11.0. The first-order valence-corrected chi connectivity index (χ1v) is 5.09. The average molecular weight is 271 g/mol. The molecule has 0 aliphatic carbocycles. The summed E-state index contributed by atoms with van der Waals surface area (Å²) in [5.74, 6) is 0. The van der Waals surface area contributed by atoms with E-state index in [4.69, 9.17) is 5.73 Å². The highest BCUT2D eigenvalue weighted by Gasteiger charge is 1.95. The van der Waals surface area contributed by atoms with Crippen LogP contribution in [-0.2, 0) is 12.8 Å². The van der Waals surface area contributed by atoms with Gasteiger partial charge in [0, 0.05) is 17.6 Å². The molecule has 1 aromatic heterocycles. The number of nitrogen functional groups attached to an aromatic ring is 1. The van der Waals surface area contributed by atoms with Crippen molar-refractivity contribution in [2.24, 2.45) is 0 Å². The highest BCUT2D eigenvalue weighted by molar-refractivity contribution is 5.85. The van der Waals surface area contributed by atoms with Crippen molar-refractivity contribution >= 4 is 30.5 Å². The Bertz CT molecular complexity index is 415. The van der Waals surface area contributed by atoms with E-state index in [9.17, 15) is 0 Å². The van der Waals surface area contributed by atoms with Gasteiger partial charge in [-0.3, -0.25) is 4.98 Å². The van der Waals surface area contributed by atoms with E-state index in [1.165, 1.54) is 5.56 Å². The molecule has 92 valence electrons. The molecule has 0 amide bonds. The highest BCUT2D eigenvalue weighted by atomic mass is 35.5. The number of aromatic nitrogens is 1. The number of rotatable bonds is 3. The van der Waals surface area contributed by atoms with Crippen LogP contribution in [0.4, 0.5) is 5.69 Å². The Morgan fingerprint density at radius 3 is 2.18 bits per heavy atom. The van der Waals surface area contributed by atoms with Gasteiger partial charge in [-0.1, -0.05) is 18.2 Å². The Hall–Kier alpha value is -1.25. The molecule has 1 heterocycles. The Morgan fingerprint density at radius 1 is 0.882 bits per heavy atom. The maximum Gasteiger partial charge on any atom is 0.0406 e. The smallest absolute Gasteiger partial charge is 0.0406 e.